The molecule has 1 aliphatic heterocycles. The second kappa shape index (κ2) is 9.20. The minimum atomic E-state index is 0.102. The van der Waals surface area contributed by atoms with Gasteiger partial charge in [-0.3, -0.25) is 4.79 Å². The molecule has 0 atom stereocenters. The highest BCUT2D eigenvalue weighted by Crippen LogP contribution is 2.16. The fourth-order valence-corrected chi connectivity index (χ4v) is 4.19. The summed E-state index contributed by atoms with van der Waals surface area (Å²) in [6.07, 6.45) is 0. The Bertz CT molecular complexity index is 932. The van der Waals surface area contributed by atoms with Gasteiger partial charge in [0.2, 0.25) is 0 Å². The number of hydrogen-bond acceptors (Lipinski definition) is 4. The summed E-state index contributed by atoms with van der Waals surface area (Å²) in [6.45, 7) is 7.00. The lowest BCUT2D eigenvalue weighted by molar-refractivity contribution is -0.917. The fraction of sp³-hybridized carbons (Fsp3) is 0.304. The number of aryl methyl sites for hydroxylation is 1. The molecular formula is C23H26N3O2S+. The van der Waals surface area contributed by atoms with Crippen molar-refractivity contribution in [2.24, 2.45) is 0 Å². The predicted octanol–water partition coefficient (Wildman–Crippen LogP) is 2.57. The monoisotopic (exact) mass is 408 g/mol. The molecule has 0 spiro atoms. The Morgan fingerprint density at radius 3 is 2.48 bits per heavy atom. The third-order valence-electron chi connectivity index (χ3n) is 5.21. The van der Waals surface area contributed by atoms with Crippen molar-refractivity contribution in [3.05, 3.63) is 81.8 Å². The standard InChI is InChI=1S/C23H25N3O2S/c1-18-24-21(17-29-18)16-28-22-9-7-20(8-10-22)23(27)26-13-11-25(12-14-26)15-19-5-3-2-4-6-19/h2-10,17H,11-16H2,1H3/p+1. The van der Waals surface area contributed by atoms with E-state index in [9.17, 15) is 4.79 Å². The number of amides is 1. The van der Waals surface area contributed by atoms with Crippen molar-refractivity contribution in [3.63, 3.8) is 0 Å². The first kappa shape index (κ1) is 19.6. The number of thiazole rings is 1. The summed E-state index contributed by atoms with van der Waals surface area (Å²) >= 11 is 1.62. The number of carbonyl (C=O) groups is 1. The summed E-state index contributed by atoms with van der Waals surface area (Å²) in [5.74, 6) is 0.856. The predicted molar refractivity (Wildman–Crippen MR) is 114 cm³/mol. The minimum absolute atomic E-state index is 0.102. The molecule has 0 bridgehead atoms. The van der Waals surface area contributed by atoms with E-state index in [0.29, 0.717) is 12.2 Å². The van der Waals surface area contributed by atoms with Crippen LogP contribution in [-0.4, -0.2) is 42.0 Å². The lowest BCUT2D eigenvalue weighted by atomic mass is 10.1. The first-order valence-corrected chi connectivity index (χ1v) is 10.9. The molecule has 1 aromatic heterocycles. The van der Waals surface area contributed by atoms with Gasteiger partial charge in [0.1, 0.15) is 18.9 Å². The van der Waals surface area contributed by atoms with E-state index >= 15 is 0 Å². The molecule has 5 nitrogen and oxygen atoms in total. The van der Waals surface area contributed by atoms with Crippen molar-refractivity contribution in [1.29, 1.82) is 0 Å². The number of carbonyl (C=O) groups excluding carboxylic acids is 1. The minimum Gasteiger partial charge on any atom is -0.487 e. The van der Waals surface area contributed by atoms with Crippen LogP contribution in [0.4, 0.5) is 0 Å². The van der Waals surface area contributed by atoms with Crippen LogP contribution in [-0.2, 0) is 13.2 Å². The summed E-state index contributed by atoms with van der Waals surface area (Å²) in [5, 5.41) is 3.04. The lowest BCUT2D eigenvalue weighted by Gasteiger charge is -2.32. The van der Waals surface area contributed by atoms with Crippen LogP contribution in [0, 0.1) is 6.92 Å². The van der Waals surface area contributed by atoms with Crippen LogP contribution in [0.1, 0.15) is 26.6 Å². The molecule has 0 unspecified atom stereocenters. The van der Waals surface area contributed by atoms with Crippen LogP contribution in [0.3, 0.4) is 0 Å². The number of nitrogens with one attached hydrogen (secondary N) is 1. The number of piperazine rings is 1. The quantitative estimate of drug-likeness (QED) is 0.682. The van der Waals surface area contributed by atoms with Gasteiger partial charge in [-0.2, -0.15) is 0 Å². The first-order valence-electron chi connectivity index (χ1n) is 9.98. The highest BCUT2D eigenvalue weighted by Gasteiger charge is 2.24. The van der Waals surface area contributed by atoms with Crippen molar-refractivity contribution < 1.29 is 14.4 Å². The Balaban J connectivity index is 1.27. The molecule has 1 fully saturated rings. The van der Waals surface area contributed by atoms with Gasteiger partial charge in [-0.1, -0.05) is 30.3 Å². The normalized spacial score (nSPS) is 14.7. The van der Waals surface area contributed by atoms with Crippen molar-refractivity contribution >= 4 is 17.2 Å². The van der Waals surface area contributed by atoms with E-state index in [0.717, 1.165) is 49.2 Å². The van der Waals surface area contributed by atoms with E-state index in [4.69, 9.17) is 4.74 Å². The summed E-state index contributed by atoms with van der Waals surface area (Å²) in [5.41, 5.74) is 3.00. The summed E-state index contributed by atoms with van der Waals surface area (Å²) in [7, 11) is 0. The van der Waals surface area contributed by atoms with Gasteiger partial charge >= 0.3 is 0 Å². The Kier molecular flexibility index (Phi) is 6.22. The van der Waals surface area contributed by atoms with E-state index in [1.165, 1.54) is 10.5 Å². The van der Waals surface area contributed by atoms with Crippen LogP contribution >= 0.6 is 11.3 Å². The second-order valence-corrected chi connectivity index (χ2v) is 8.44. The van der Waals surface area contributed by atoms with E-state index < -0.39 is 0 Å². The molecule has 1 aliphatic rings. The zero-order valence-electron chi connectivity index (χ0n) is 16.6. The molecule has 0 saturated carbocycles. The third kappa shape index (κ3) is 5.22. The summed E-state index contributed by atoms with van der Waals surface area (Å²) < 4.78 is 5.77. The van der Waals surface area contributed by atoms with E-state index in [1.54, 1.807) is 11.3 Å². The van der Waals surface area contributed by atoms with Gasteiger partial charge in [-0.25, -0.2) is 4.98 Å². The molecule has 0 radical (unpaired) electrons. The van der Waals surface area contributed by atoms with Gasteiger partial charge in [-0.15, -0.1) is 11.3 Å². The first-order chi connectivity index (χ1) is 14.2. The zero-order valence-corrected chi connectivity index (χ0v) is 17.5. The topological polar surface area (TPSA) is 46.9 Å². The van der Waals surface area contributed by atoms with Crippen LogP contribution in [0.15, 0.2) is 60.0 Å². The molecule has 150 valence electrons. The van der Waals surface area contributed by atoms with Gasteiger partial charge in [-0.05, 0) is 31.2 Å². The molecule has 4 rings (SSSR count). The maximum absolute atomic E-state index is 12.8. The van der Waals surface area contributed by atoms with E-state index in [1.807, 2.05) is 47.5 Å². The Morgan fingerprint density at radius 1 is 1.10 bits per heavy atom. The molecule has 29 heavy (non-hydrogen) atoms. The molecule has 6 heteroatoms. The van der Waals surface area contributed by atoms with E-state index in [-0.39, 0.29) is 5.91 Å². The van der Waals surface area contributed by atoms with Gasteiger partial charge in [0.15, 0.2) is 0 Å². The number of nitrogens with zero attached hydrogens (tertiary/aromatic N) is 2. The van der Waals surface area contributed by atoms with Gasteiger partial charge in [0, 0.05) is 16.5 Å². The average molecular weight is 409 g/mol. The van der Waals surface area contributed by atoms with Gasteiger partial charge < -0.3 is 14.5 Å². The van der Waals surface area contributed by atoms with Crippen LogP contribution in [0.5, 0.6) is 5.75 Å². The number of rotatable bonds is 6. The molecule has 2 aromatic carbocycles. The molecule has 1 saturated heterocycles. The van der Waals surface area contributed by atoms with Crippen molar-refractivity contribution in [2.75, 3.05) is 26.2 Å². The SMILES string of the molecule is Cc1nc(COc2ccc(C(=O)N3CC[NH+](Cc4ccccc4)CC3)cc2)cs1. The summed E-state index contributed by atoms with van der Waals surface area (Å²) in [6, 6.07) is 18.0. The Labute approximate surface area is 175 Å². The zero-order chi connectivity index (χ0) is 20.1. The molecule has 2 heterocycles. The highest BCUT2D eigenvalue weighted by molar-refractivity contribution is 7.09. The molecule has 3 aromatic rings. The van der Waals surface area contributed by atoms with Gasteiger partial charge in [0.25, 0.3) is 5.91 Å². The maximum atomic E-state index is 12.8. The molecular weight excluding hydrogens is 382 g/mol. The second-order valence-electron chi connectivity index (χ2n) is 7.38. The van der Waals surface area contributed by atoms with Crippen molar-refractivity contribution in [2.45, 2.75) is 20.1 Å². The smallest absolute Gasteiger partial charge is 0.254 e. The largest absolute Gasteiger partial charge is 0.487 e. The van der Waals surface area contributed by atoms with Crippen LogP contribution in [0.25, 0.3) is 0 Å². The third-order valence-corrected chi connectivity index (χ3v) is 6.03. The van der Waals surface area contributed by atoms with E-state index in [2.05, 4.69) is 29.2 Å². The van der Waals surface area contributed by atoms with Crippen molar-refractivity contribution in [1.82, 2.24) is 9.88 Å². The number of hydrogen-bond donors (Lipinski definition) is 1. The number of ether oxygens (including phenoxy) is 1. The van der Waals surface area contributed by atoms with Crippen LogP contribution < -0.4 is 9.64 Å². The van der Waals surface area contributed by atoms with Crippen molar-refractivity contribution in [3.8, 4) is 5.75 Å². The fourth-order valence-electron chi connectivity index (χ4n) is 3.60. The summed E-state index contributed by atoms with van der Waals surface area (Å²) in [4.78, 5) is 20.7. The lowest BCUT2D eigenvalue weighted by Crippen LogP contribution is -3.13. The molecule has 1 amide bonds. The number of quaternary nitrogens is 1. The van der Waals surface area contributed by atoms with Crippen LogP contribution in [0.2, 0.25) is 0 Å². The molecule has 1 N–H and O–H groups in total. The maximum Gasteiger partial charge on any atom is 0.254 e. The molecule has 0 aliphatic carbocycles. The highest BCUT2D eigenvalue weighted by atomic mass is 32.1. The average Bonchev–Trinajstić information content (AvgIpc) is 3.19. The van der Waals surface area contributed by atoms with Gasteiger partial charge in [0.05, 0.1) is 36.9 Å². The Hall–Kier alpha value is -2.70. The number of benzene rings is 2. The number of aromatic nitrogens is 1. The Morgan fingerprint density at radius 2 is 1.83 bits per heavy atom.